The molecule has 1 aliphatic heterocycles. The third kappa shape index (κ3) is 4.35. The number of hydrogen-bond acceptors (Lipinski definition) is 6. The number of aromatic nitrogens is 1. The molecule has 1 aliphatic rings. The molecule has 0 spiro atoms. The van der Waals surface area contributed by atoms with Gasteiger partial charge in [0.05, 0.1) is 30.7 Å². The zero-order chi connectivity index (χ0) is 26.1. The lowest BCUT2D eigenvalue weighted by molar-refractivity contribution is 0.0970. The summed E-state index contributed by atoms with van der Waals surface area (Å²) in [5, 5.41) is 0.449. The summed E-state index contributed by atoms with van der Waals surface area (Å²) in [6, 6.07) is 13.8. The summed E-state index contributed by atoms with van der Waals surface area (Å²) in [6.07, 6.45) is 4.76. The van der Waals surface area contributed by atoms with E-state index in [0.29, 0.717) is 46.0 Å². The van der Waals surface area contributed by atoms with Gasteiger partial charge in [-0.1, -0.05) is 31.9 Å². The van der Waals surface area contributed by atoms with Crippen molar-refractivity contribution in [1.29, 1.82) is 0 Å². The Morgan fingerprint density at radius 3 is 2.54 bits per heavy atom. The summed E-state index contributed by atoms with van der Waals surface area (Å²) in [5.41, 5.74) is 3.13. The van der Waals surface area contributed by atoms with Gasteiger partial charge < -0.3 is 13.9 Å². The van der Waals surface area contributed by atoms with Crippen molar-refractivity contribution in [3.8, 4) is 11.5 Å². The van der Waals surface area contributed by atoms with Crippen LogP contribution in [0, 0.1) is 13.8 Å². The Bertz CT molecular complexity index is 1530. The lowest BCUT2D eigenvalue weighted by Gasteiger charge is -2.25. The molecule has 2 aromatic heterocycles. The number of aryl methyl sites for hydroxylation is 2. The van der Waals surface area contributed by atoms with E-state index in [9.17, 15) is 9.59 Å². The van der Waals surface area contributed by atoms with E-state index >= 15 is 0 Å². The quantitative estimate of drug-likeness (QED) is 0.272. The van der Waals surface area contributed by atoms with Crippen molar-refractivity contribution < 1.29 is 18.7 Å². The molecule has 190 valence electrons. The largest absolute Gasteiger partial charge is 0.493 e. The Hall–Kier alpha value is -4.13. The number of methoxy groups -OCH3 is 1. The van der Waals surface area contributed by atoms with E-state index in [1.165, 1.54) is 4.90 Å². The standard InChI is InChI=1S/C30H30N2O5/c1-5-6-9-14-36-22-12-11-20(17-24(22)35-4)27-26-28(33)21-15-18(2)19(3)16-23(21)37-29(26)30(34)32(27)25-10-7-8-13-31-25/h7-8,10-13,15-17,27H,5-6,9,14H2,1-4H3. The smallest absolute Gasteiger partial charge is 0.296 e. The van der Waals surface area contributed by atoms with Crippen LogP contribution in [0.4, 0.5) is 5.82 Å². The molecule has 4 aromatic rings. The second-order valence-electron chi connectivity index (χ2n) is 9.34. The second-order valence-corrected chi connectivity index (χ2v) is 9.34. The molecule has 3 heterocycles. The molecule has 0 aliphatic carbocycles. The molecular weight excluding hydrogens is 468 g/mol. The highest BCUT2D eigenvalue weighted by molar-refractivity contribution is 6.10. The number of ether oxygens (including phenoxy) is 2. The summed E-state index contributed by atoms with van der Waals surface area (Å²) in [4.78, 5) is 33.6. The molecule has 1 amide bonds. The summed E-state index contributed by atoms with van der Waals surface area (Å²) >= 11 is 0. The number of rotatable bonds is 8. The van der Waals surface area contributed by atoms with Gasteiger partial charge in [-0.25, -0.2) is 4.98 Å². The van der Waals surface area contributed by atoms with Crippen molar-refractivity contribution in [3.63, 3.8) is 0 Å². The van der Waals surface area contributed by atoms with Gasteiger partial charge in [0.15, 0.2) is 16.9 Å². The molecule has 0 bridgehead atoms. The van der Waals surface area contributed by atoms with Crippen molar-refractivity contribution in [2.24, 2.45) is 0 Å². The molecule has 2 aromatic carbocycles. The van der Waals surface area contributed by atoms with Gasteiger partial charge in [-0.05, 0) is 73.4 Å². The predicted octanol–water partition coefficient (Wildman–Crippen LogP) is 6.13. The number of carbonyl (C=O) groups is 1. The SMILES string of the molecule is CCCCCOc1ccc(C2c3c(oc4cc(C)c(C)cc4c3=O)C(=O)N2c2ccccn2)cc1OC. The fraction of sp³-hybridized carbons (Fsp3) is 0.300. The van der Waals surface area contributed by atoms with Gasteiger partial charge in [-0.2, -0.15) is 0 Å². The fourth-order valence-electron chi connectivity index (χ4n) is 4.78. The Kier molecular flexibility index (Phi) is 6.70. The van der Waals surface area contributed by atoms with E-state index in [2.05, 4.69) is 11.9 Å². The number of hydrogen-bond donors (Lipinski definition) is 0. The normalized spacial score (nSPS) is 14.8. The molecule has 0 saturated heterocycles. The maximum Gasteiger partial charge on any atom is 0.296 e. The number of fused-ring (bicyclic) bond motifs is 2. The van der Waals surface area contributed by atoms with Crippen LogP contribution in [-0.4, -0.2) is 24.6 Å². The number of carbonyl (C=O) groups excluding carboxylic acids is 1. The summed E-state index contributed by atoms with van der Waals surface area (Å²) < 4.78 is 17.7. The molecule has 0 fully saturated rings. The van der Waals surface area contributed by atoms with Gasteiger partial charge in [0, 0.05) is 6.20 Å². The monoisotopic (exact) mass is 498 g/mol. The van der Waals surface area contributed by atoms with Crippen LogP contribution >= 0.6 is 0 Å². The van der Waals surface area contributed by atoms with E-state index in [-0.39, 0.29) is 11.2 Å². The number of unbranched alkanes of at least 4 members (excludes halogenated alkanes) is 2. The zero-order valence-electron chi connectivity index (χ0n) is 21.5. The Balaban J connectivity index is 1.68. The predicted molar refractivity (Wildman–Crippen MR) is 143 cm³/mol. The number of nitrogens with zero attached hydrogens (tertiary/aromatic N) is 2. The van der Waals surface area contributed by atoms with E-state index in [1.807, 2.05) is 50.2 Å². The first-order chi connectivity index (χ1) is 17.9. The molecular formula is C30H30N2O5. The minimum absolute atomic E-state index is 0.0373. The van der Waals surface area contributed by atoms with Crippen molar-refractivity contribution in [3.05, 3.63) is 93.0 Å². The van der Waals surface area contributed by atoms with Gasteiger partial charge in [-0.3, -0.25) is 14.5 Å². The highest BCUT2D eigenvalue weighted by Gasteiger charge is 2.44. The van der Waals surface area contributed by atoms with E-state index in [0.717, 1.165) is 30.4 Å². The first-order valence-corrected chi connectivity index (χ1v) is 12.6. The fourth-order valence-corrected chi connectivity index (χ4v) is 4.78. The lowest BCUT2D eigenvalue weighted by atomic mass is 9.97. The molecule has 0 radical (unpaired) electrons. The Morgan fingerprint density at radius 1 is 1.00 bits per heavy atom. The Labute approximate surface area is 215 Å². The van der Waals surface area contributed by atoms with Crippen LogP contribution in [-0.2, 0) is 0 Å². The van der Waals surface area contributed by atoms with Gasteiger partial charge >= 0.3 is 0 Å². The first kappa shape index (κ1) is 24.6. The maximum absolute atomic E-state index is 13.9. The lowest BCUT2D eigenvalue weighted by Crippen LogP contribution is -2.30. The summed E-state index contributed by atoms with van der Waals surface area (Å²) in [5.74, 6) is 1.21. The third-order valence-electron chi connectivity index (χ3n) is 6.89. The molecule has 7 heteroatoms. The van der Waals surface area contributed by atoms with Gasteiger partial charge in [0.2, 0.25) is 5.76 Å². The highest BCUT2D eigenvalue weighted by atomic mass is 16.5. The van der Waals surface area contributed by atoms with Gasteiger partial charge in [-0.15, -0.1) is 0 Å². The van der Waals surface area contributed by atoms with Crippen LogP contribution in [0.3, 0.4) is 0 Å². The van der Waals surface area contributed by atoms with E-state index in [4.69, 9.17) is 13.9 Å². The van der Waals surface area contributed by atoms with Crippen molar-refractivity contribution in [2.45, 2.75) is 46.1 Å². The van der Waals surface area contributed by atoms with Crippen molar-refractivity contribution in [2.75, 3.05) is 18.6 Å². The third-order valence-corrected chi connectivity index (χ3v) is 6.89. The van der Waals surface area contributed by atoms with Crippen LogP contribution in [0.1, 0.15) is 65.0 Å². The van der Waals surface area contributed by atoms with Crippen LogP contribution in [0.5, 0.6) is 11.5 Å². The molecule has 0 N–H and O–H groups in total. The average Bonchev–Trinajstić information content (AvgIpc) is 3.20. The van der Waals surface area contributed by atoms with Crippen LogP contribution in [0.15, 0.2) is 63.9 Å². The van der Waals surface area contributed by atoms with Crippen LogP contribution < -0.4 is 19.8 Å². The molecule has 37 heavy (non-hydrogen) atoms. The van der Waals surface area contributed by atoms with Crippen LogP contribution in [0.25, 0.3) is 11.0 Å². The second kappa shape index (κ2) is 10.1. The van der Waals surface area contributed by atoms with E-state index in [1.54, 1.807) is 25.4 Å². The summed E-state index contributed by atoms with van der Waals surface area (Å²) in [7, 11) is 1.58. The van der Waals surface area contributed by atoms with Gasteiger partial charge in [0.25, 0.3) is 5.91 Å². The van der Waals surface area contributed by atoms with Crippen LogP contribution in [0.2, 0.25) is 0 Å². The molecule has 1 atom stereocenters. The Morgan fingerprint density at radius 2 is 1.81 bits per heavy atom. The molecule has 0 saturated carbocycles. The minimum Gasteiger partial charge on any atom is -0.493 e. The zero-order valence-corrected chi connectivity index (χ0v) is 21.5. The number of pyridine rings is 1. The number of anilines is 1. The molecule has 7 nitrogen and oxygen atoms in total. The number of benzene rings is 2. The first-order valence-electron chi connectivity index (χ1n) is 12.6. The molecule has 1 unspecified atom stereocenters. The topological polar surface area (TPSA) is 81.9 Å². The highest BCUT2D eigenvalue weighted by Crippen LogP contribution is 2.42. The minimum atomic E-state index is -0.734. The summed E-state index contributed by atoms with van der Waals surface area (Å²) in [6.45, 7) is 6.63. The van der Waals surface area contributed by atoms with Crippen molar-refractivity contribution >= 4 is 22.7 Å². The maximum atomic E-state index is 13.9. The van der Waals surface area contributed by atoms with E-state index < -0.39 is 11.9 Å². The van der Waals surface area contributed by atoms with Gasteiger partial charge in [0.1, 0.15) is 11.4 Å². The molecule has 5 rings (SSSR count). The van der Waals surface area contributed by atoms with Crippen molar-refractivity contribution in [1.82, 2.24) is 4.98 Å². The average molecular weight is 499 g/mol. The number of amides is 1.